The van der Waals surface area contributed by atoms with Crippen LogP contribution in [0.1, 0.15) is 31.2 Å². The highest BCUT2D eigenvalue weighted by Crippen LogP contribution is 2.38. The fourth-order valence-electron chi connectivity index (χ4n) is 4.07. The number of likely N-dealkylation sites (tertiary alicyclic amines) is 1. The molecule has 1 saturated carbocycles. The highest BCUT2D eigenvalue weighted by atomic mass is 16.5. The fraction of sp³-hybridized carbons (Fsp3) is 0.579. The Bertz CT molecular complexity index is 549. The maximum absolute atomic E-state index is 12.3. The molecule has 1 saturated heterocycles. The number of carbonyl (C=O) groups excluding carboxylic acids is 2. The Kier molecular flexibility index (Phi) is 5.11. The number of rotatable bonds is 4. The van der Waals surface area contributed by atoms with Gasteiger partial charge in [-0.3, -0.25) is 14.5 Å². The molecule has 4 nitrogen and oxygen atoms in total. The van der Waals surface area contributed by atoms with Crippen LogP contribution in [0, 0.1) is 17.8 Å². The maximum Gasteiger partial charge on any atom is 0.309 e. The van der Waals surface area contributed by atoms with Gasteiger partial charge in [-0.15, -0.1) is 0 Å². The van der Waals surface area contributed by atoms with Crippen molar-refractivity contribution in [3.8, 4) is 0 Å². The molecular formula is C19H25NO3. The lowest BCUT2D eigenvalue weighted by Crippen LogP contribution is -2.36. The Balaban J connectivity index is 1.51. The van der Waals surface area contributed by atoms with Crippen molar-refractivity contribution in [1.29, 1.82) is 0 Å². The lowest BCUT2D eigenvalue weighted by atomic mass is 9.82. The Morgan fingerprint density at radius 3 is 2.57 bits per heavy atom. The van der Waals surface area contributed by atoms with E-state index in [0.717, 1.165) is 32.5 Å². The molecule has 1 aliphatic heterocycles. The summed E-state index contributed by atoms with van der Waals surface area (Å²) in [5.41, 5.74) is 1.34. The minimum atomic E-state index is -0.220. The van der Waals surface area contributed by atoms with Crippen LogP contribution in [-0.2, 0) is 20.9 Å². The second-order valence-electron chi connectivity index (χ2n) is 6.83. The van der Waals surface area contributed by atoms with Gasteiger partial charge in [0.1, 0.15) is 5.78 Å². The third kappa shape index (κ3) is 3.81. The van der Waals surface area contributed by atoms with Gasteiger partial charge >= 0.3 is 5.97 Å². The van der Waals surface area contributed by atoms with Gasteiger partial charge in [0.2, 0.25) is 0 Å². The highest BCUT2D eigenvalue weighted by molar-refractivity contribution is 5.89. The van der Waals surface area contributed by atoms with Crippen LogP contribution in [0.25, 0.3) is 0 Å². The summed E-state index contributed by atoms with van der Waals surface area (Å²) < 4.78 is 4.80. The summed E-state index contributed by atoms with van der Waals surface area (Å²) in [5.74, 6) is 0.339. The van der Waals surface area contributed by atoms with Crippen molar-refractivity contribution in [2.75, 3.05) is 20.2 Å². The number of benzene rings is 1. The maximum atomic E-state index is 12.3. The number of nitrogens with zero attached hydrogens (tertiary/aromatic N) is 1. The topological polar surface area (TPSA) is 46.6 Å². The van der Waals surface area contributed by atoms with E-state index in [9.17, 15) is 9.59 Å². The molecule has 23 heavy (non-hydrogen) atoms. The molecule has 3 rings (SSSR count). The number of carbonyl (C=O) groups is 2. The first-order valence-electron chi connectivity index (χ1n) is 8.54. The summed E-state index contributed by atoms with van der Waals surface area (Å²) in [7, 11) is 1.40. The summed E-state index contributed by atoms with van der Waals surface area (Å²) >= 11 is 0. The van der Waals surface area contributed by atoms with Crippen molar-refractivity contribution in [2.45, 2.75) is 32.2 Å². The fourth-order valence-corrected chi connectivity index (χ4v) is 4.07. The third-order valence-corrected chi connectivity index (χ3v) is 5.38. The zero-order valence-corrected chi connectivity index (χ0v) is 13.7. The van der Waals surface area contributed by atoms with Crippen LogP contribution in [0.3, 0.4) is 0 Å². The van der Waals surface area contributed by atoms with Crippen molar-refractivity contribution in [3.63, 3.8) is 0 Å². The lowest BCUT2D eigenvalue weighted by Gasteiger charge is -2.34. The van der Waals surface area contributed by atoms with Crippen molar-refractivity contribution < 1.29 is 14.3 Å². The monoisotopic (exact) mass is 315 g/mol. The summed E-state index contributed by atoms with van der Waals surface area (Å²) in [6.07, 6.45) is 3.17. The van der Waals surface area contributed by atoms with E-state index in [1.807, 2.05) is 6.07 Å². The van der Waals surface area contributed by atoms with Crippen LogP contribution < -0.4 is 0 Å². The smallest absolute Gasteiger partial charge is 0.309 e. The van der Waals surface area contributed by atoms with Crippen molar-refractivity contribution in [3.05, 3.63) is 35.9 Å². The van der Waals surface area contributed by atoms with Gasteiger partial charge in [0.05, 0.1) is 13.0 Å². The van der Waals surface area contributed by atoms with Gasteiger partial charge in [-0.1, -0.05) is 30.3 Å². The number of hydrogen-bond acceptors (Lipinski definition) is 4. The molecule has 2 aliphatic rings. The molecule has 4 heteroatoms. The SMILES string of the molecule is COC(=O)[C@@H]1CC(=O)[C@@H](C2CCN(Cc3ccccc3)CC2)C1. The van der Waals surface area contributed by atoms with E-state index in [1.165, 1.54) is 12.7 Å². The van der Waals surface area contributed by atoms with Gasteiger partial charge in [-0.2, -0.15) is 0 Å². The minimum absolute atomic E-state index is 0.0676. The Morgan fingerprint density at radius 2 is 1.91 bits per heavy atom. The predicted molar refractivity (Wildman–Crippen MR) is 87.7 cm³/mol. The Morgan fingerprint density at radius 1 is 1.22 bits per heavy atom. The van der Waals surface area contributed by atoms with Crippen molar-refractivity contribution in [1.82, 2.24) is 4.90 Å². The first-order chi connectivity index (χ1) is 11.2. The molecule has 1 heterocycles. The number of hydrogen-bond donors (Lipinski definition) is 0. The van der Waals surface area contributed by atoms with E-state index in [1.54, 1.807) is 0 Å². The molecule has 0 unspecified atom stereocenters. The standard InChI is InChI=1S/C19H25NO3/c1-23-19(22)16-11-17(18(21)12-16)15-7-9-20(10-8-15)13-14-5-3-2-4-6-14/h2-6,15-17H,7-13H2,1H3/t16-,17+/m0/s1. The summed E-state index contributed by atoms with van der Waals surface area (Å²) in [6.45, 7) is 3.05. The number of ether oxygens (including phenoxy) is 1. The zero-order valence-electron chi connectivity index (χ0n) is 13.7. The van der Waals surface area contributed by atoms with Crippen molar-refractivity contribution >= 4 is 11.8 Å². The Labute approximate surface area is 137 Å². The normalized spacial score (nSPS) is 26.4. The average molecular weight is 315 g/mol. The second kappa shape index (κ2) is 7.26. The second-order valence-corrected chi connectivity index (χ2v) is 6.83. The number of Topliss-reactive ketones (excluding diaryl/α,β-unsaturated/α-hetero) is 1. The summed E-state index contributed by atoms with van der Waals surface area (Å²) in [6, 6.07) is 10.5. The highest BCUT2D eigenvalue weighted by Gasteiger charge is 2.41. The molecule has 0 bridgehead atoms. The van der Waals surface area contributed by atoms with E-state index < -0.39 is 0 Å². The number of ketones is 1. The van der Waals surface area contributed by atoms with Gasteiger partial charge in [0, 0.05) is 18.9 Å². The van der Waals surface area contributed by atoms with E-state index in [0.29, 0.717) is 18.8 Å². The molecule has 0 radical (unpaired) electrons. The van der Waals surface area contributed by atoms with Gasteiger partial charge in [0.15, 0.2) is 0 Å². The molecule has 1 aromatic carbocycles. The Hall–Kier alpha value is -1.68. The van der Waals surface area contributed by atoms with Crippen LogP contribution in [-0.4, -0.2) is 36.9 Å². The van der Waals surface area contributed by atoms with Crippen LogP contribution in [0.15, 0.2) is 30.3 Å². The first kappa shape index (κ1) is 16.2. The molecule has 0 aromatic heterocycles. The zero-order chi connectivity index (χ0) is 16.2. The lowest BCUT2D eigenvalue weighted by molar-refractivity contribution is -0.145. The minimum Gasteiger partial charge on any atom is -0.469 e. The first-order valence-corrected chi connectivity index (χ1v) is 8.54. The van der Waals surface area contributed by atoms with E-state index in [4.69, 9.17) is 4.74 Å². The molecule has 2 atom stereocenters. The van der Waals surface area contributed by atoms with Crippen molar-refractivity contribution in [2.24, 2.45) is 17.8 Å². The number of esters is 1. The molecule has 0 amide bonds. The van der Waals surface area contributed by atoms with E-state index >= 15 is 0 Å². The molecule has 1 aliphatic carbocycles. The predicted octanol–water partition coefficient (Wildman–Crippen LogP) is 2.67. The average Bonchev–Trinajstić information content (AvgIpc) is 2.98. The molecule has 124 valence electrons. The van der Waals surface area contributed by atoms with Crippen LogP contribution in [0.4, 0.5) is 0 Å². The van der Waals surface area contributed by atoms with Gasteiger partial charge in [-0.25, -0.2) is 0 Å². The molecule has 1 aromatic rings. The molecule has 0 N–H and O–H groups in total. The van der Waals surface area contributed by atoms with Gasteiger partial charge in [-0.05, 0) is 43.8 Å². The van der Waals surface area contributed by atoms with Crippen LogP contribution in [0.5, 0.6) is 0 Å². The summed E-state index contributed by atoms with van der Waals surface area (Å²) in [4.78, 5) is 26.4. The largest absolute Gasteiger partial charge is 0.469 e. The van der Waals surface area contributed by atoms with Gasteiger partial charge in [0.25, 0.3) is 0 Å². The van der Waals surface area contributed by atoms with Crippen LogP contribution in [0.2, 0.25) is 0 Å². The molecular weight excluding hydrogens is 290 g/mol. The van der Waals surface area contributed by atoms with Gasteiger partial charge < -0.3 is 4.74 Å². The van der Waals surface area contributed by atoms with E-state index in [-0.39, 0.29) is 23.6 Å². The number of piperidine rings is 1. The third-order valence-electron chi connectivity index (χ3n) is 5.38. The summed E-state index contributed by atoms with van der Waals surface area (Å²) in [5, 5.41) is 0. The number of methoxy groups -OCH3 is 1. The van der Waals surface area contributed by atoms with E-state index in [2.05, 4.69) is 29.2 Å². The molecule has 0 spiro atoms. The quantitative estimate of drug-likeness (QED) is 0.802. The van der Waals surface area contributed by atoms with Crippen LogP contribution >= 0.6 is 0 Å². The molecule has 2 fully saturated rings.